The largest absolute Gasteiger partial charge is 0.496 e. The summed E-state index contributed by atoms with van der Waals surface area (Å²) in [6.45, 7) is 7.60. The van der Waals surface area contributed by atoms with Crippen LogP contribution in [0.1, 0.15) is 80.0 Å². The molecule has 1 aromatic carbocycles. The molecule has 4 heteroatoms. The van der Waals surface area contributed by atoms with Crippen LogP contribution in [0.25, 0.3) is 0 Å². The summed E-state index contributed by atoms with van der Waals surface area (Å²) in [6.07, 6.45) is 10.2. The van der Waals surface area contributed by atoms with Crippen LogP contribution in [0.3, 0.4) is 0 Å². The van der Waals surface area contributed by atoms with E-state index in [1.54, 1.807) is 14.2 Å². The number of rotatable bonds is 10. The molecule has 0 amide bonds. The molecule has 2 rings (SSSR count). The highest BCUT2D eigenvalue weighted by atomic mass is 16.7. The van der Waals surface area contributed by atoms with Crippen molar-refractivity contribution in [2.24, 2.45) is 0 Å². The smallest absolute Gasteiger partial charge is 0.158 e. The highest BCUT2D eigenvalue weighted by Gasteiger charge is 2.18. The lowest BCUT2D eigenvalue weighted by atomic mass is 9.94. The Labute approximate surface area is 195 Å². The van der Waals surface area contributed by atoms with E-state index in [0.29, 0.717) is 6.61 Å². The van der Waals surface area contributed by atoms with E-state index in [1.165, 1.54) is 23.1 Å². The van der Waals surface area contributed by atoms with E-state index in [0.717, 1.165) is 81.5 Å². The molecule has 1 aromatic rings. The number of ether oxygens (including phenoxy) is 4. The van der Waals surface area contributed by atoms with Crippen molar-refractivity contribution < 1.29 is 18.9 Å². The lowest BCUT2D eigenvalue weighted by Crippen LogP contribution is -2.22. The molecule has 176 valence electrons. The predicted molar refractivity (Wildman–Crippen MR) is 130 cm³/mol. The van der Waals surface area contributed by atoms with Crippen molar-refractivity contribution in [3.8, 4) is 35.2 Å². The molecular weight excluding hydrogens is 400 g/mol. The second-order valence-corrected chi connectivity index (χ2v) is 8.29. The third-order valence-corrected chi connectivity index (χ3v) is 6.03. The molecule has 0 spiro atoms. The third kappa shape index (κ3) is 8.09. The van der Waals surface area contributed by atoms with Crippen LogP contribution in [0.5, 0.6) is 11.5 Å². The first-order valence-corrected chi connectivity index (χ1v) is 11.9. The predicted octanol–water partition coefficient (Wildman–Crippen LogP) is 6.06. The minimum absolute atomic E-state index is 0.0500. The van der Waals surface area contributed by atoms with Gasteiger partial charge in [-0.3, -0.25) is 0 Å². The van der Waals surface area contributed by atoms with Gasteiger partial charge >= 0.3 is 0 Å². The molecular formula is C28H40O4. The van der Waals surface area contributed by atoms with Crippen LogP contribution >= 0.6 is 0 Å². The second-order valence-electron chi connectivity index (χ2n) is 8.29. The molecule has 1 unspecified atom stereocenters. The van der Waals surface area contributed by atoms with Crippen molar-refractivity contribution in [3.05, 3.63) is 22.3 Å². The Morgan fingerprint density at radius 3 is 2.09 bits per heavy atom. The van der Waals surface area contributed by atoms with Crippen molar-refractivity contribution >= 4 is 0 Å². The number of methoxy groups -OCH3 is 2. The fraction of sp³-hybridized carbons (Fsp3) is 0.643. The lowest BCUT2D eigenvalue weighted by molar-refractivity contribution is -0.154. The van der Waals surface area contributed by atoms with Crippen molar-refractivity contribution in [2.75, 3.05) is 27.4 Å². The first-order chi connectivity index (χ1) is 15.6. The van der Waals surface area contributed by atoms with Crippen LogP contribution in [-0.2, 0) is 15.9 Å². The minimum Gasteiger partial charge on any atom is -0.496 e. The average molecular weight is 441 g/mol. The molecule has 0 radical (unpaired) electrons. The monoisotopic (exact) mass is 440 g/mol. The quantitative estimate of drug-likeness (QED) is 0.327. The summed E-state index contributed by atoms with van der Waals surface area (Å²) < 4.78 is 22.5. The topological polar surface area (TPSA) is 36.9 Å². The summed E-state index contributed by atoms with van der Waals surface area (Å²) in [5, 5.41) is 0. The van der Waals surface area contributed by atoms with Crippen molar-refractivity contribution in [3.63, 3.8) is 0 Å². The van der Waals surface area contributed by atoms with Gasteiger partial charge in [0.15, 0.2) is 6.29 Å². The molecule has 1 saturated heterocycles. The molecule has 1 aliphatic heterocycles. The van der Waals surface area contributed by atoms with Crippen LogP contribution < -0.4 is 9.47 Å². The van der Waals surface area contributed by atoms with Gasteiger partial charge in [0.05, 0.1) is 14.2 Å². The van der Waals surface area contributed by atoms with Gasteiger partial charge in [-0.25, -0.2) is 0 Å². The zero-order chi connectivity index (χ0) is 23.2. The van der Waals surface area contributed by atoms with E-state index in [4.69, 9.17) is 18.9 Å². The Hall–Kier alpha value is -2.14. The molecule has 1 aliphatic rings. The first-order valence-electron chi connectivity index (χ1n) is 11.9. The van der Waals surface area contributed by atoms with Gasteiger partial charge < -0.3 is 18.9 Å². The maximum atomic E-state index is 5.72. The van der Waals surface area contributed by atoms with Crippen molar-refractivity contribution in [2.45, 2.75) is 91.3 Å². The second kappa shape index (κ2) is 14.8. The van der Waals surface area contributed by atoms with Gasteiger partial charge in [-0.05, 0) is 82.4 Å². The Morgan fingerprint density at radius 2 is 1.44 bits per heavy atom. The summed E-state index contributed by atoms with van der Waals surface area (Å²) in [7, 11) is 3.50. The molecule has 0 aromatic heterocycles. The number of unbranched alkanes of at least 4 members (excludes halogenated alkanes) is 4. The Balaban J connectivity index is 1.62. The summed E-state index contributed by atoms with van der Waals surface area (Å²) in [5.41, 5.74) is 4.78. The van der Waals surface area contributed by atoms with Gasteiger partial charge in [0.2, 0.25) is 0 Å². The molecule has 4 nitrogen and oxygen atoms in total. The average Bonchev–Trinajstić information content (AvgIpc) is 2.81. The van der Waals surface area contributed by atoms with Crippen LogP contribution in [-0.4, -0.2) is 33.7 Å². The van der Waals surface area contributed by atoms with Gasteiger partial charge in [-0.15, -0.1) is 17.8 Å². The highest BCUT2D eigenvalue weighted by Crippen LogP contribution is 2.38. The Bertz CT molecular complexity index is 829. The van der Waals surface area contributed by atoms with Gasteiger partial charge in [0.1, 0.15) is 18.1 Å². The normalized spacial score (nSPS) is 15.3. The number of benzene rings is 1. The van der Waals surface area contributed by atoms with E-state index in [1.807, 2.05) is 0 Å². The Morgan fingerprint density at radius 1 is 0.781 bits per heavy atom. The van der Waals surface area contributed by atoms with Crippen molar-refractivity contribution in [1.29, 1.82) is 0 Å². The molecule has 0 saturated carbocycles. The number of hydrogen-bond donors (Lipinski definition) is 0. The van der Waals surface area contributed by atoms with Crippen LogP contribution in [0.15, 0.2) is 0 Å². The van der Waals surface area contributed by atoms with Crippen molar-refractivity contribution in [1.82, 2.24) is 0 Å². The van der Waals surface area contributed by atoms with Crippen LogP contribution in [0.4, 0.5) is 0 Å². The summed E-state index contributed by atoms with van der Waals surface area (Å²) >= 11 is 0. The molecule has 0 bridgehead atoms. The zero-order valence-electron chi connectivity index (χ0n) is 20.7. The standard InChI is InChI=1S/C28H40O4/c1-22-23(2)28(30-5)25(24(3)27(22)29-4)18-14-12-10-8-6-7-9-11-13-16-20-31-26-19-15-17-21-32-26/h26H,7,9-12,14-15,17-21H2,1-5H3. The Kier molecular flexibility index (Phi) is 12.1. The third-order valence-electron chi connectivity index (χ3n) is 6.03. The van der Waals surface area contributed by atoms with E-state index >= 15 is 0 Å². The fourth-order valence-corrected chi connectivity index (χ4v) is 4.11. The maximum absolute atomic E-state index is 5.72. The summed E-state index contributed by atoms with van der Waals surface area (Å²) in [6, 6.07) is 0. The highest BCUT2D eigenvalue weighted by molar-refractivity contribution is 5.58. The molecule has 32 heavy (non-hydrogen) atoms. The maximum Gasteiger partial charge on any atom is 0.158 e. The van der Waals surface area contributed by atoms with E-state index in [-0.39, 0.29) is 6.29 Å². The van der Waals surface area contributed by atoms with E-state index in [9.17, 15) is 0 Å². The molecule has 1 heterocycles. The van der Waals surface area contributed by atoms with Gasteiger partial charge in [-0.1, -0.05) is 5.92 Å². The molecule has 1 fully saturated rings. The molecule has 0 aliphatic carbocycles. The van der Waals surface area contributed by atoms with E-state index < -0.39 is 0 Å². The fourth-order valence-electron chi connectivity index (χ4n) is 4.11. The van der Waals surface area contributed by atoms with Crippen LogP contribution in [0.2, 0.25) is 0 Å². The van der Waals surface area contributed by atoms with Gasteiger partial charge in [0, 0.05) is 31.4 Å². The minimum atomic E-state index is -0.0500. The van der Waals surface area contributed by atoms with Gasteiger partial charge in [0.25, 0.3) is 0 Å². The van der Waals surface area contributed by atoms with E-state index in [2.05, 4.69) is 44.5 Å². The first kappa shape index (κ1) is 26.1. The zero-order valence-corrected chi connectivity index (χ0v) is 20.7. The number of hydrogen-bond acceptors (Lipinski definition) is 4. The summed E-state index contributed by atoms with van der Waals surface area (Å²) in [4.78, 5) is 0. The lowest BCUT2D eigenvalue weighted by Gasteiger charge is -2.21. The van der Waals surface area contributed by atoms with Crippen LogP contribution in [0, 0.1) is 44.5 Å². The van der Waals surface area contributed by atoms with Gasteiger partial charge in [-0.2, -0.15) is 0 Å². The molecule has 0 N–H and O–H groups in total. The molecule has 1 atom stereocenters. The SMILES string of the molecule is COc1c(C)c(C)c(OC)c(CCCCC#CCCCC#CCOC2CCCCO2)c1C. The summed E-state index contributed by atoms with van der Waals surface area (Å²) in [5.74, 6) is 14.8.